The lowest BCUT2D eigenvalue weighted by molar-refractivity contribution is -0.108. The Hall–Kier alpha value is -2.17. The summed E-state index contributed by atoms with van der Waals surface area (Å²) in [5, 5.41) is 3.44. The van der Waals surface area contributed by atoms with Crippen LogP contribution in [0.2, 0.25) is 0 Å². The smallest absolute Gasteiger partial charge is 0.123 e. The van der Waals surface area contributed by atoms with Crippen molar-refractivity contribution >= 4 is 6.29 Å². The number of likely N-dealkylation sites (tertiary alicyclic amines) is 1. The van der Waals surface area contributed by atoms with Gasteiger partial charge in [0.15, 0.2) is 0 Å². The number of hydrogen-bond donors (Lipinski definition) is 1. The lowest BCUT2D eigenvalue weighted by Gasteiger charge is -2.39. The predicted molar refractivity (Wildman–Crippen MR) is 116 cm³/mol. The maximum absolute atomic E-state index is 11.0. The van der Waals surface area contributed by atoms with E-state index in [1.807, 2.05) is 0 Å². The molecule has 2 aromatic carbocycles. The van der Waals surface area contributed by atoms with E-state index >= 15 is 0 Å². The molecule has 0 aromatic heterocycles. The van der Waals surface area contributed by atoms with E-state index in [1.165, 1.54) is 22.3 Å². The average Bonchev–Trinajstić information content (AvgIpc) is 2.99. The molecular weight excluding hydrogens is 360 g/mol. The minimum atomic E-state index is 0.461. The van der Waals surface area contributed by atoms with E-state index < -0.39 is 0 Å². The number of carbonyl (C=O) groups is 1. The second-order valence-corrected chi connectivity index (χ2v) is 8.51. The summed E-state index contributed by atoms with van der Waals surface area (Å²) in [6.45, 7) is 7.75. The van der Waals surface area contributed by atoms with Crippen LogP contribution in [0.3, 0.4) is 0 Å². The SMILES string of the molecule is Cc1ccc(CN2CCC(CCC=O)C(c3ccc4c(c3)CNCCO4)C2)cc1. The molecule has 2 aromatic rings. The number of hydrogen-bond acceptors (Lipinski definition) is 4. The second-order valence-electron chi connectivity index (χ2n) is 8.51. The third-order valence-corrected chi connectivity index (χ3v) is 6.39. The number of aldehydes is 1. The van der Waals surface area contributed by atoms with E-state index in [1.54, 1.807) is 0 Å². The van der Waals surface area contributed by atoms with E-state index in [4.69, 9.17) is 4.74 Å². The molecule has 4 heteroatoms. The maximum atomic E-state index is 11.0. The Balaban J connectivity index is 1.53. The van der Waals surface area contributed by atoms with Crippen molar-refractivity contribution in [1.29, 1.82) is 0 Å². The largest absolute Gasteiger partial charge is 0.492 e. The fraction of sp³-hybridized carbons (Fsp3) is 0.480. The first-order valence-corrected chi connectivity index (χ1v) is 10.9. The zero-order valence-electron chi connectivity index (χ0n) is 17.4. The summed E-state index contributed by atoms with van der Waals surface area (Å²) in [5.74, 6) is 2.03. The molecule has 0 amide bonds. The van der Waals surface area contributed by atoms with Gasteiger partial charge in [-0.3, -0.25) is 4.90 Å². The highest BCUT2D eigenvalue weighted by Gasteiger charge is 2.30. The summed E-state index contributed by atoms with van der Waals surface area (Å²) < 4.78 is 5.87. The molecule has 4 nitrogen and oxygen atoms in total. The minimum absolute atomic E-state index is 0.461. The van der Waals surface area contributed by atoms with E-state index in [-0.39, 0.29) is 0 Å². The molecule has 2 unspecified atom stereocenters. The molecule has 2 heterocycles. The Kier molecular flexibility index (Phi) is 6.63. The predicted octanol–water partition coefficient (Wildman–Crippen LogP) is 4.06. The fourth-order valence-electron chi connectivity index (χ4n) is 4.73. The number of nitrogens with zero attached hydrogens (tertiary/aromatic N) is 1. The number of nitrogens with one attached hydrogen (secondary N) is 1. The average molecular weight is 393 g/mol. The highest BCUT2D eigenvalue weighted by atomic mass is 16.5. The molecule has 1 fully saturated rings. The summed E-state index contributed by atoms with van der Waals surface area (Å²) in [6, 6.07) is 15.6. The molecule has 1 saturated heterocycles. The van der Waals surface area contributed by atoms with Crippen LogP contribution in [0.4, 0.5) is 0 Å². The molecule has 2 aliphatic heterocycles. The van der Waals surface area contributed by atoms with Crippen molar-refractivity contribution in [1.82, 2.24) is 10.2 Å². The molecule has 2 atom stereocenters. The Morgan fingerprint density at radius 2 is 2.07 bits per heavy atom. The van der Waals surface area contributed by atoms with Crippen LogP contribution in [0.5, 0.6) is 5.75 Å². The molecule has 29 heavy (non-hydrogen) atoms. The summed E-state index contributed by atoms with van der Waals surface area (Å²) in [7, 11) is 0. The molecule has 1 N–H and O–H groups in total. The van der Waals surface area contributed by atoms with Crippen molar-refractivity contribution in [3.63, 3.8) is 0 Å². The number of benzene rings is 2. The maximum Gasteiger partial charge on any atom is 0.123 e. The van der Waals surface area contributed by atoms with Crippen molar-refractivity contribution in [2.75, 3.05) is 26.2 Å². The first-order chi connectivity index (χ1) is 14.2. The van der Waals surface area contributed by atoms with Gasteiger partial charge < -0.3 is 14.8 Å². The molecule has 154 valence electrons. The monoisotopic (exact) mass is 392 g/mol. The van der Waals surface area contributed by atoms with Gasteiger partial charge in [0.2, 0.25) is 0 Å². The molecule has 0 spiro atoms. The van der Waals surface area contributed by atoms with Crippen LogP contribution in [0.25, 0.3) is 0 Å². The van der Waals surface area contributed by atoms with Crippen molar-refractivity contribution in [2.45, 2.75) is 45.2 Å². The Bertz CT molecular complexity index is 818. The van der Waals surface area contributed by atoms with Gasteiger partial charge in [-0.2, -0.15) is 0 Å². The normalized spacial score (nSPS) is 22.4. The van der Waals surface area contributed by atoms with Crippen molar-refractivity contribution < 1.29 is 9.53 Å². The Morgan fingerprint density at radius 3 is 2.90 bits per heavy atom. The third kappa shape index (κ3) is 5.06. The van der Waals surface area contributed by atoms with Crippen LogP contribution in [0.15, 0.2) is 42.5 Å². The number of carbonyl (C=O) groups excluding carboxylic acids is 1. The molecule has 0 radical (unpaired) electrons. The summed E-state index contributed by atoms with van der Waals surface area (Å²) in [5.41, 5.74) is 5.32. The van der Waals surface area contributed by atoms with Gasteiger partial charge in [0, 0.05) is 38.2 Å². The number of fused-ring (bicyclic) bond motifs is 1. The van der Waals surface area contributed by atoms with Crippen LogP contribution >= 0.6 is 0 Å². The van der Waals surface area contributed by atoms with Gasteiger partial charge in [-0.1, -0.05) is 42.0 Å². The van der Waals surface area contributed by atoms with E-state index in [0.717, 1.165) is 64.2 Å². The van der Waals surface area contributed by atoms with Crippen molar-refractivity contribution in [2.24, 2.45) is 5.92 Å². The molecule has 2 aliphatic rings. The van der Waals surface area contributed by atoms with Gasteiger partial charge in [0.25, 0.3) is 0 Å². The van der Waals surface area contributed by atoms with Gasteiger partial charge in [-0.25, -0.2) is 0 Å². The zero-order valence-corrected chi connectivity index (χ0v) is 17.4. The number of aryl methyl sites for hydroxylation is 1. The van der Waals surface area contributed by atoms with Gasteiger partial charge in [0.1, 0.15) is 18.6 Å². The van der Waals surface area contributed by atoms with Gasteiger partial charge in [-0.05, 0) is 55.3 Å². The Morgan fingerprint density at radius 1 is 1.21 bits per heavy atom. The number of piperidine rings is 1. The van der Waals surface area contributed by atoms with Crippen molar-refractivity contribution in [3.8, 4) is 5.75 Å². The lowest BCUT2D eigenvalue weighted by Crippen LogP contribution is -2.39. The number of rotatable bonds is 6. The van der Waals surface area contributed by atoms with E-state index in [9.17, 15) is 4.79 Å². The molecular formula is C25H32N2O2. The van der Waals surface area contributed by atoms with Crippen LogP contribution < -0.4 is 10.1 Å². The van der Waals surface area contributed by atoms with Crippen LogP contribution in [0, 0.1) is 12.8 Å². The first-order valence-electron chi connectivity index (χ1n) is 10.9. The van der Waals surface area contributed by atoms with Crippen LogP contribution in [-0.2, 0) is 17.9 Å². The standard InChI is InChI=1S/C25H32N2O2/c1-19-4-6-20(7-5-19)17-27-12-10-21(3-2-13-28)24(18-27)22-8-9-25-23(15-22)16-26-11-14-29-25/h4-9,13,15,21,24,26H,2-3,10-12,14,16-18H2,1H3. The molecule has 0 saturated carbocycles. The van der Waals surface area contributed by atoms with Gasteiger partial charge >= 0.3 is 0 Å². The van der Waals surface area contributed by atoms with Crippen molar-refractivity contribution in [3.05, 3.63) is 64.7 Å². The zero-order chi connectivity index (χ0) is 20.1. The second kappa shape index (κ2) is 9.55. The van der Waals surface area contributed by atoms with Crippen LogP contribution in [-0.4, -0.2) is 37.4 Å². The molecule has 0 aliphatic carbocycles. The highest BCUT2D eigenvalue weighted by molar-refractivity contribution is 5.49. The van der Waals surface area contributed by atoms with Crippen LogP contribution in [0.1, 0.15) is 47.4 Å². The van der Waals surface area contributed by atoms with E-state index in [0.29, 0.717) is 18.3 Å². The van der Waals surface area contributed by atoms with Gasteiger partial charge in [0.05, 0.1) is 0 Å². The first kappa shape index (κ1) is 20.1. The highest BCUT2D eigenvalue weighted by Crippen LogP contribution is 2.37. The lowest BCUT2D eigenvalue weighted by atomic mass is 9.78. The quantitative estimate of drug-likeness (QED) is 0.753. The topological polar surface area (TPSA) is 41.6 Å². The Labute approximate surface area is 174 Å². The molecule has 0 bridgehead atoms. The van der Waals surface area contributed by atoms with Gasteiger partial charge in [-0.15, -0.1) is 0 Å². The third-order valence-electron chi connectivity index (χ3n) is 6.39. The summed E-state index contributed by atoms with van der Waals surface area (Å²) >= 11 is 0. The summed E-state index contributed by atoms with van der Waals surface area (Å²) in [6.07, 6.45) is 3.87. The molecule has 4 rings (SSSR count). The van der Waals surface area contributed by atoms with E-state index in [2.05, 4.69) is 59.6 Å². The summed E-state index contributed by atoms with van der Waals surface area (Å²) in [4.78, 5) is 13.6. The number of ether oxygens (including phenoxy) is 1. The minimum Gasteiger partial charge on any atom is -0.492 e. The fourth-order valence-corrected chi connectivity index (χ4v) is 4.73.